The number of rotatable bonds is 3. The Morgan fingerprint density at radius 3 is 2.45 bits per heavy atom. The fourth-order valence-corrected chi connectivity index (χ4v) is 4.26. The number of benzene rings is 3. The highest BCUT2D eigenvalue weighted by Gasteiger charge is 2.19. The summed E-state index contributed by atoms with van der Waals surface area (Å²) in [5.41, 5.74) is 3.63. The van der Waals surface area contributed by atoms with Crippen LogP contribution >= 0.6 is 0 Å². The van der Waals surface area contributed by atoms with E-state index in [4.69, 9.17) is 4.42 Å². The summed E-state index contributed by atoms with van der Waals surface area (Å²) in [5, 5.41) is 6.10. The van der Waals surface area contributed by atoms with Crippen LogP contribution in [0, 0.1) is 6.92 Å². The number of carbonyl (C=O) groups is 1. The molecule has 0 unspecified atom stereocenters. The predicted molar refractivity (Wildman–Crippen MR) is 119 cm³/mol. The van der Waals surface area contributed by atoms with Crippen molar-refractivity contribution in [2.75, 3.05) is 23.3 Å². The quantitative estimate of drug-likeness (QED) is 0.462. The summed E-state index contributed by atoms with van der Waals surface area (Å²) in [4.78, 5) is 15.3. The summed E-state index contributed by atoms with van der Waals surface area (Å²) in [5.74, 6) is 0.157. The average molecular weight is 384 g/mol. The van der Waals surface area contributed by atoms with Crippen LogP contribution < -0.4 is 10.2 Å². The lowest BCUT2D eigenvalue weighted by Gasteiger charge is -2.28. The molecule has 4 heteroatoms. The fraction of sp³-hybridized carbons (Fsp3) is 0.240. The largest absolute Gasteiger partial charge is 0.450 e. The van der Waals surface area contributed by atoms with Crippen molar-refractivity contribution >= 4 is 39.0 Å². The Morgan fingerprint density at radius 2 is 1.66 bits per heavy atom. The number of anilines is 2. The third kappa shape index (κ3) is 3.25. The number of aryl methyl sites for hydroxylation is 1. The number of hydrogen-bond acceptors (Lipinski definition) is 3. The maximum absolute atomic E-state index is 12.9. The summed E-state index contributed by atoms with van der Waals surface area (Å²) >= 11 is 0. The van der Waals surface area contributed by atoms with Gasteiger partial charge in [0.2, 0.25) is 0 Å². The van der Waals surface area contributed by atoms with Crippen molar-refractivity contribution in [3.8, 4) is 0 Å². The zero-order valence-corrected chi connectivity index (χ0v) is 16.6. The molecule has 4 nitrogen and oxygen atoms in total. The SMILES string of the molecule is Cc1c(C(=O)Nc2ccc(N3CCCCC3)cc2)oc2c1ccc1ccccc12. The molecule has 1 aliphatic heterocycles. The van der Waals surface area contributed by atoms with E-state index >= 15 is 0 Å². The first kappa shape index (κ1) is 17.8. The van der Waals surface area contributed by atoms with Crippen LogP contribution in [0.15, 0.2) is 65.1 Å². The molecule has 29 heavy (non-hydrogen) atoms. The molecule has 146 valence electrons. The van der Waals surface area contributed by atoms with Crippen LogP contribution in [-0.4, -0.2) is 19.0 Å². The summed E-state index contributed by atoms with van der Waals surface area (Å²) in [6, 6.07) is 20.3. The van der Waals surface area contributed by atoms with Crippen LogP contribution in [0.1, 0.15) is 35.4 Å². The molecule has 1 fully saturated rings. The highest BCUT2D eigenvalue weighted by atomic mass is 16.3. The van der Waals surface area contributed by atoms with Crippen molar-refractivity contribution in [1.29, 1.82) is 0 Å². The van der Waals surface area contributed by atoms with Gasteiger partial charge in [-0.05, 0) is 55.8 Å². The molecule has 1 N–H and O–H groups in total. The molecule has 3 aromatic carbocycles. The van der Waals surface area contributed by atoms with E-state index in [9.17, 15) is 4.79 Å². The molecular weight excluding hydrogens is 360 g/mol. The zero-order chi connectivity index (χ0) is 19.8. The Hall–Kier alpha value is -3.27. The predicted octanol–water partition coefficient (Wildman–Crippen LogP) is 6.14. The lowest BCUT2D eigenvalue weighted by Crippen LogP contribution is -2.29. The molecule has 5 rings (SSSR count). The van der Waals surface area contributed by atoms with Crippen molar-refractivity contribution in [3.05, 3.63) is 72.0 Å². The van der Waals surface area contributed by atoms with Gasteiger partial charge in [-0.2, -0.15) is 0 Å². The average Bonchev–Trinajstić information content (AvgIpc) is 3.12. The van der Waals surface area contributed by atoms with Gasteiger partial charge in [0.1, 0.15) is 5.58 Å². The van der Waals surface area contributed by atoms with E-state index in [1.165, 1.54) is 24.9 Å². The van der Waals surface area contributed by atoms with Gasteiger partial charge in [0.15, 0.2) is 5.76 Å². The molecule has 1 saturated heterocycles. The van der Waals surface area contributed by atoms with Gasteiger partial charge in [0.05, 0.1) is 0 Å². The third-order valence-corrected chi connectivity index (χ3v) is 5.88. The first-order chi connectivity index (χ1) is 14.2. The molecule has 4 aromatic rings. The van der Waals surface area contributed by atoms with Gasteiger partial charge in [0.25, 0.3) is 5.91 Å². The van der Waals surface area contributed by atoms with Crippen LogP contribution in [0.25, 0.3) is 21.7 Å². The minimum absolute atomic E-state index is 0.214. The van der Waals surface area contributed by atoms with E-state index < -0.39 is 0 Å². The van der Waals surface area contributed by atoms with Crippen molar-refractivity contribution in [1.82, 2.24) is 0 Å². The maximum Gasteiger partial charge on any atom is 0.291 e. The van der Waals surface area contributed by atoms with Gasteiger partial charge < -0.3 is 14.6 Å². The van der Waals surface area contributed by atoms with Crippen LogP contribution in [0.2, 0.25) is 0 Å². The maximum atomic E-state index is 12.9. The molecule has 0 bridgehead atoms. The molecule has 0 aliphatic carbocycles. The third-order valence-electron chi connectivity index (χ3n) is 5.88. The fourth-order valence-electron chi connectivity index (χ4n) is 4.26. The Balaban J connectivity index is 1.41. The molecule has 1 aliphatic rings. The number of furan rings is 1. The van der Waals surface area contributed by atoms with Crippen molar-refractivity contribution in [2.24, 2.45) is 0 Å². The number of nitrogens with zero attached hydrogens (tertiary/aromatic N) is 1. The summed E-state index contributed by atoms with van der Waals surface area (Å²) in [7, 11) is 0. The molecular formula is C25H24N2O2. The van der Waals surface area contributed by atoms with E-state index in [0.29, 0.717) is 5.76 Å². The Bertz CT molecular complexity index is 1180. The van der Waals surface area contributed by atoms with Gasteiger partial charge >= 0.3 is 0 Å². The van der Waals surface area contributed by atoms with Crippen LogP contribution in [0.4, 0.5) is 11.4 Å². The first-order valence-electron chi connectivity index (χ1n) is 10.3. The Labute approximate surface area is 170 Å². The molecule has 0 saturated carbocycles. The molecule has 2 heterocycles. The summed E-state index contributed by atoms with van der Waals surface area (Å²) < 4.78 is 6.04. The zero-order valence-electron chi connectivity index (χ0n) is 16.6. The smallest absolute Gasteiger partial charge is 0.291 e. The minimum Gasteiger partial charge on any atom is -0.450 e. The van der Waals surface area contributed by atoms with Gasteiger partial charge in [-0.15, -0.1) is 0 Å². The standard InChI is InChI=1S/C25H24N2O2/c1-17-21-14-9-18-7-3-4-8-22(18)24(21)29-23(17)25(28)26-19-10-12-20(13-11-19)27-15-5-2-6-16-27/h3-4,7-14H,2,5-6,15-16H2,1H3,(H,26,28). The van der Waals surface area contributed by atoms with E-state index in [0.717, 1.165) is 46.1 Å². The summed E-state index contributed by atoms with van der Waals surface area (Å²) in [6.07, 6.45) is 3.81. The second-order valence-corrected chi connectivity index (χ2v) is 7.77. The lowest BCUT2D eigenvalue weighted by atomic mass is 10.1. The topological polar surface area (TPSA) is 45.5 Å². The van der Waals surface area contributed by atoms with Gasteiger partial charge in [-0.25, -0.2) is 0 Å². The van der Waals surface area contributed by atoms with Crippen LogP contribution in [-0.2, 0) is 0 Å². The second kappa shape index (κ2) is 7.28. The lowest BCUT2D eigenvalue weighted by molar-refractivity contribution is 0.0998. The Morgan fingerprint density at radius 1 is 0.897 bits per heavy atom. The van der Waals surface area contributed by atoms with Gasteiger partial charge in [-0.3, -0.25) is 4.79 Å². The van der Waals surface area contributed by atoms with Crippen molar-refractivity contribution in [3.63, 3.8) is 0 Å². The highest BCUT2D eigenvalue weighted by molar-refractivity contribution is 6.11. The van der Waals surface area contributed by atoms with Crippen molar-refractivity contribution < 1.29 is 9.21 Å². The van der Waals surface area contributed by atoms with Crippen LogP contribution in [0.3, 0.4) is 0 Å². The minimum atomic E-state index is -0.214. The van der Waals surface area contributed by atoms with Gasteiger partial charge in [0, 0.05) is 40.8 Å². The van der Waals surface area contributed by atoms with E-state index in [1.807, 2.05) is 43.3 Å². The molecule has 1 aromatic heterocycles. The number of carbonyl (C=O) groups excluding carboxylic acids is 1. The monoisotopic (exact) mass is 384 g/mol. The number of amides is 1. The highest BCUT2D eigenvalue weighted by Crippen LogP contribution is 2.32. The number of fused-ring (bicyclic) bond motifs is 3. The summed E-state index contributed by atoms with van der Waals surface area (Å²) in [6.45, 7) is 4.16. The number of piperidine rings is 1. The Kier molecular flexibility index (Phi) is 4.47. The molecule has 0 atom stereocenters. The molecule has 1 amide bonds. The van der Waals surface area contributed by atoms with E-state index in [-0.39, 0.29) is 5.91 Å². The normalized spacial score (nSPS) is 14.4. The molecule has 0 radical (unpaired) electrons. The molecule has 0 spiro atoms. The van der Waals surface area contributed by atoms with Crippen molar-refractivity contribution in [2.45, 2.75) is 26.2 Å². The number of hydrogen-bond donors (Lipinski definition) is 1. The van der Waals surface area contributed by atoms with Gasteiger partial charge in [-0.1, -0.05) is 36.4 Å². The van der Waals surface area contributed by atoms with E-state index in [2.05, 4.69) is 34.5 Å². The van der Waals surface area contributed by atoms with E-state index in [1.54, 1.807) is 0 Å². The first-order valence-corrected chi connectivity index (χ1v) is 10.3. The number of nitrogens with one attached hydrogen (secondary N) is 1. The van der Waals surface area contributed by atoms with Crippen LogP contribution in [0.5, 0.6) is 0 Å². The second-order valence-electron chi connectivity index (χ2n) is 7.77.